The third-order valence-electron chi connectivity index (χ3n) is 4.86. The van der Waals surface area contributed by atoms with Gasteiger partial charge in [-0.1, -0.05) is 18.2 Å². The Hall–Kier alpha value is -2.53. The predicted molar refractivity (Wildman–Crippen MR) is 99.7 cm³/mol. The largest absolute Gasteiger partial charge is 0.497 e. The summed E-state index contributed by atoms with van der Waals surface area (Å²) in [5, 5.41) is 0. The highest BCUT2D eigenvalue weighted by Crippen LogP contribution is 2.25. The van der Waals surface area contributed by atoms with E-state index in [1.165, 1.54) is 5.56 Å². The smallest absolute Gasteiger partial charge is 0.254 e. The molecule has 1 atom stereocenters. The van der Waals surface area contributed by atoms with Crippen molar-refractivity contribution < 1.29 is 9.53 Å². The number of carbonyl (C=O) groups is 1. The quantitative estimate of drug-likeness (QED) is 0.870. The van der Waals surface area contributed by atoms with Crippen molar-refractivity contribution in [1.29, 1.82) is 0 Å². The van der Waals surface area contributed by atoms with Crippen molar-refractivity contribution in [2.45, 2.75) is 13.0 Å². The molecule has 1 aliphatic rings. The molecule has 0 aromatic heterocycles. The lowest BCUT2D eigenvalue weighted by Gasteiger charge is -2.38. The van der Waals surface area contributed by atoms with Crippen LogP contribution < -0.4 is 10.5 Å². The van der Waals surface area contributed by atoms with E-state index in [2.05, 4.69) is 24.0 Å². The lowest BCUT2D eigenvalue weighted by atomic mass is 10.1. The van der Waals surface area contributed by atoms with E-state index in [-0.39, 0.29) is 5.91 Å². The Bertz CT molecular complexity index is 739. The SMILES string of the molecule is COc1cccc(C(C)N2CCN(C(=O)c3cccc(N)c3)CC2)c1. The molecule has 1 unspecified atom stereocenters. The second kappa shape index (κ2) is 7.57. The first-order valence-electron chi connectivity index (χ1n) is 8.61. The number of anilines is 1. The molecule has 0 spiro atoms. The zero-order valence-electron chi connectivity index (χ0n) is 14.8. The molecule has 0 saturated carbocycles. The normalized spacial score (nSPS) is 16.5. The zero-order valence-corrected chi connectivity index (χ0v) is 14.8. The Labute approximate surface area is 149 Å². The Morgan fingerprint density at radius 3 is 2.48 bits per heavy atom. The highest BCUT2D eigenvalue weighted by molar-refractivity contribution is 5.95. The molecule has 0 radical (unpaired) electrons. The van der Waals surface area contributed by atoms with Crippen molar-refractivity contribution in [3.05, 3.63) is 59.7 Å². The van der Waals surface area contributed by atoms with E-state index in [0.717, 1.165) is 31.9 Å². The van der Waals surface area contributed by atoms with Crippen LogP contribution in [0.15, 0.2) is 48.5 Å². The van der Waals surface area contributed by atoms with Gasteiger partial charge in [0.2, 0.25) is 0 Å². The maximum atomic E-state index is 12.6. The van der Waals surface area contributed by atoms with Gasteiger partial charge in [-0.2, -0.15) is 0 Å². The Balaban J connectivity index is 1.62. The van der Waals surface area contributed by atoms with Crippen molar-refractivity contribution in [2.24, 2.45) is 0 Å². The van der Waals surface area contributed by atoms with Crippen LogP contribution >= 0.6 is 0 Å². The lowest BCUT2D eigenvalue weighted by molar-refractivity contribution is 0.0582. The van der Waals surface area contributed by atoms with Gasteiger partial charge >= 0.3 is 0 Å². The highest BCUT2D eigenvalue weighted by atomic mass is 16.5. The summed E-state index contributed by atoms with van der Waals surface area (Å²) in [6, 6.07) is 15.7. The molecule has 1 amide bonds. The molecule has 0 aliphatic carbocycles. The first-order valence-corrected chi connectivity index (χ1v) is 8.61. The Morgan fingerprint density at radius 1 is 1.08 bits per heavy atom. The van der Waals surface area contributed by atoms with Crippen LogP contribution in [0.1, 0.15) is 28.9 Å². The molecule has 25 heavy (non-hydrogen) atoms. The zero-order chi connectivity index (χ0) is 17.8. The fourth-order valence-electron chi connectivity index (χ4n) is 3.28. The second-order valence-corrected chi connectivity index (χ2v) is 6.41. The minimum absolute atomic E-state index is 0.0565. The molecule has 2 aromatic carbocycles. The number of hydrogen-bond donors (Lipinski definition) is 1. The maximum absolute atomic E-state index is 12.6. The highest BCUT2D eigenvalue weighted by Gasteiger charge is 2.25. The molecule has 2 aromatic rings. The Morgan fingerprint density at radius 2 is 1.80 bits per heavy atom. The van der Waals surface area contributed by atoms with Gasteiger partial charge in [0.05, 0.1) is 7.11 Å². The summed E-state index contributed by atoms with van der Waals surface area (Å²) in [7, 11) is 1.69. The van der Waals surface area contributed by atoms with Crippen molar-refractivity contribution in [2.75, 3.05) is 39.0 Å². The van der Waals surface area contributed by atoms with Gasteiger partial charge in [0.25, 0.3) is 5.91 Å². The van der Waals surface area contributed by atoms with Crippen LogP contribution in [0.25, 0.3) is 0 Å². The van der Waals surface area contributed by atoms with Gasteiger partial charge in [-0.05, 0) is 42.8 Å². The van der Waals surface area contributed by atoms with Gasteiger partial charge < -0.3 is 15.4 Å². The van der Waals surface area contributed by atoms with E-state index in [9.17, 15) is 4.79 Å². The molecule has 1 fully saturated rings. The maximum Gasteiger partial charge on any atom is 0.254 e. The minimum atomic E-state index is 0.0565. The number of nitrogens with two attached hydrogens (primary N) is 1. The van der Waals surface area contributed by atoms with Gasteiger partial charge in [-0.15, -0.1) is 0 Å². The van der Waals surface area contributed by atoms with Gasteiger partial charge in [0.1, 0.15) is 5.75 Å². The molecular weight excluding hydrogens is 314 g/mol. The number of benzene rings is 2. The van der Waals surface area contributed by atoms with E-state index in [0.29, 0.717) is 17.3 Å². The van der Waals surface area contributed by atoms with Crippen LogP contribution in [-0.2, 0) is 0 Å². The first kappa shape index (κ1) is 17.3. The van der Waals surface area contributed by atoms with E-state index in [1.54, 1.807) is 19.2 Å². The summed E-state index contributed by atoms with van der Waals surface area (Å²) < 4.78 is 5.32. The van der Waals surface area contributed by atoms with Crippen LogP contribution in [0.4, 0.5) is 5.69 Å². The molecule has 132 valence electrons. The third-order valence-corrected chi connectivity index (χ3v) is 4.86. The summed E-state index contributed by atoms with van der Waals surface area (Å²) in [6.07, 6.45) is 0. The average Bonchev–Trinajstić information content (AvgIpc) is 2.67. The van der Waals surface area contributed by atoms with Gasteiger partial charge in [-0.25, -0.2) is 0 Å². The van der Waals surface area contributed by atoms with Crippen LogP contribution in [-0.4, -0.2) is 49.0 Å². The van der Waals surface area contributed by atoms with Crippen molar-refractivity contribution in [3.63, 3.8) is 0 Å². The molecule has 1 aliphatic heterocycles. The van der Waals surface area contributed by atoms with Gasteiger partial charge in [-0.3, -0.25) is 9.69 Å². The number of carbonyl (C=O) groups excluding carboxylic acids is 1. The number of nitrogen functional groups attached to an aromatic ring is 1. The molecule has 5 heteroatoms. The number of hydrogen-bond acceptors (Lipinski definition) is 4. The summed E-state index contributed by atoms with van der Waals surface area (Å²) in [6.45, 7) is 5.35. The van der Waals surface area contributed by atoms with E-state index >= 15 is 0 Å². The number of methoxy groups -OCH3 is 1. The average molecular weight is 339 g/mol. The summed E-state index contributed by atoms with van der Waals surface area (Å²) in [5.74, 6) is 0.931. The number of nitrogens with zero attached hydrogens (tertiary/aromatic N) is 2. The van der Waals surface area contributed by atoms with E-state index < -0.39 is 0 Å². The van der Waals surface area contributed by atoms with E-state index in [1.807, 2.05) is 29.2 Å². The van der Waals surface area contributed by atoms with E-state index in [4.69, 9.17) is 10.5 Å². The molecule has 2 N–H and O–H groups in total. The number of piperazine rings is 1. The topological polar surface area (TPSA) is 58.8 Å². The van der Waals surface area contributed by atoms with Crippen molar-refractivity contribution in [3.8, 4) is 5.75 Å². The number of ether oxygens (including phenoxy) is 1. The minimum Gasteiger partial charge on any atom is -0.497 e. The van der Waals surface area contributed by atoms with Gasteiger partial charge in [0, 0.05) is 43.5 Å². The predicted octanol–water partition coefficient (Wildman–Crippen LogP) is 2.80. The monoisotopic (exact) mass is 339 g/mol. The summed E-state index contributed by atoms with van der Waals surface area (Å²) in [5.41, 5.74) is 8.30. The van der Waals surface area contributed by atoms with Crippen LogP contribution in [0.5, 0.6) is 5.75 Å². The molecule has 1 heterocycles. The number of amides is 1. The molecule has 0 bridgehead atoms. The first-order chi connectivity index (χ1) is 12.1. The van der Waals surface area contributed by atoms with Crippen LogP contribution in [0, 0.1) is 0 Å². The molecule has 3 rings (SSSR count). The fourth-order valence-corrected chi connectivity index (χ4v) is 3.28. The standard InChI is InChI=1S/C20H25N3O2/c1-15(16-5-4-8-19(14-16)25-2)22-9-11-23(12-10-22)20(24)17-6-3-7-18(21)13-17/h3-8,13-15H,9-12,21H2,1-2H3. The summed E-state index contributed by atoms with van der Waals surface area (Å²) in [4.78, 5) is 16.9. The lowest BCUT2D eigenvalue weighted by Crippen LogP contribution is -2.49. The summed E-state index contributed by atoms with van der Waals surface area (Å²) >= 11 is 0. The molecular formula is C20H25N3O2. The fraction of sp³-hybridized carbons (Fsp3) is 0.350. The second-order valence-electron chi connectivity index (χ2n) is 6.41. The third kappa shape index (κ3) is 3.94. The van der Waals surface area contributed by atoms with Crippen molar-refractivity contribution in [1.82, 2.24) is 9.80 Å². The van der Waals surface area contributed by atoms with Crippen LogP contribution in [0.3, 0.4) is 0 Å². The molecule has 5 nitrogen and oxygen atoms in total. The van der Waals surface area contributed by atoms with Crippen molar-refractivity contribution >= 4 is 11.6 Å². The van der Waals surface area contributed by atoms with Gasteiger partial charge in [0.15, 0.2) is 0 Å². The number of rotatable bonds is 4. The molecule has 1 saturated heterocycles. The Kier molecular flexibility index (Phi) is 5.24. The van der Waals surface area contributed by atoms with Crippen LogP contribution in [0.2, 0.25) is 0 Å².